The van der Waals surface area contributed by atoms with E-state index in [1.54, 1.807) is 7.05 Å². The zero-order valence-electron chi connectivity index (χ0n) is 10.4. The first-order valence-electron chi connectivity index (χ1n) is 5.87. The molecule has 3 atom stereocenters. The van der Waals surface area contributed by atoms with Crippen LogP contribution in [0.5, 0.6) is 0 Å². The van der Waals surface area contributed by atoms with Crippen LogP contribution in [0.3, 0.4) is 0 Å². The van der Waals surface area contributed by atoms with E-state index in [1.807, 2.05) is 0 Å². The molecule has 5 nitrogen and oxygen atoms in total. The smallest absolute Gasteiger partial charge is 0.221 e. The van der Waals surface area contributed by atoms with Crippen molar-refractivity contribution in [1.82, 2.24) is 10.2 Å². The molecule has 1 amide bonds. The molecule has 1 unspecified atom stereocenters. The largest absolute Gasteiger partial charge is 0.373 e. The molecule has 1 rings (SSSR count). The van der Waals surface area contributed by atoms with E-state index < -0.39 is 0 Å². The second-order valence-electron chi connectivity index (χ2n) is 4.48. The van der Waals surface area contributed by atoms with Crippen LogP contribution in [0.25, 0.3) is 0 Å². The molecule has 1 saturated heterocycles. The highest BCUT2D eigenvalue weighted by Crippen LogP contribution is 2.14. The number of ether oxygens (including phenoxy) is 1. The van der Waals surface area contributed by atoms with Gasteiger partial charge in [0, 0.05) is 39.1 Å². The Labute approximate surface area is 97.3 Å². The summed E-state index contributed by atoms with van der Waals surface area (Å²) in [5, 5.41) is 2.64. The second kappa shape index (κ2) is 6.18. The summed E-state index contributed by atoms with van der Waals surface area (Å²) in [6.07, 6.45) is 0.886. The van der Waals surface area contributed by atoms with Crippen molar-refractivity contribution in [2.75, 3.05) is 26.7 Å². The van der Waals surface area contributed by atoms with Crippen molar-refractivity contribution in [3.05, 3.63) is 0 Å². The Kier molecular flexibility index (Phi) is 5.18. The summed E-state index contributed by atoms with van der Waals surface area (Å²) in [7, 11) is 1.65. The van der Waals surface area contributed by atoms with E-state index in [2.05, 4.69) is 24.1 Å². The van der Waals surface area contributed by atoms with Gasteiger partial charge in [0.2, 0.25) is 5.91 Å². The first kappa shape index (κ1) is 13.4. The van der Waals surface area contributed by atoms with Crippen LogP contribution in [-0.4, -0.2) is 55.7 Å². The number of hydrogen-bond acceptors (Lipinski definition) is 4. The Hall–Kier alpha value is -0.650. The minimum Gasteiger partial charge on any atom is -0.373 e. The highest BCUT2D eigenvalue weighted by molar-refractivity contribution is 5.76. The van der Waals surface area contributed by atoms with Gasteiger partial charge >= 0.3 is 0 Å². The molecule has 0 aromatic heterocycles. The third-order valence-electron chi connectivity index (χ3n) is 2.94. The third-order valence-corrected chi connectivity index (χ3v) is 2.94. The summed E-state index contributed by atoms with van der Waals surface area (Å²) in [6.45, 7) is 6.31. The molecule has 0 aromatic carbocycles. The predicted octanol–water partition coefficient (Wildman–Crippen LogP) is -0.441. The number of amides is 1. The lowest BCUT2D eigenvalue weighted by Crippen LogP contribution is -2.53. The van der Waals surface area contributed by atoms with Crippen molar-refractivity contribution in [1.29, 1.82) is 0 Å². The van der Waals surface area contributed by atoms with Crippen LogP contribution >= 0.6 is 0 Å². The van der Waals surface area contributed by atoms with E-state index in [0.717, 1.165) is 13.1 Å². The normalized spacial score (nSPS) is 28.8. The number of hydrogen-bond donors (Lipinski definition) is 2. The second-order valence-corrected chi connectivity index (χ2v) is 4.48. The van der Waals surface area contributed by atoms with Gasteiger partial charge in [0.05, 0.1) is 12.2 Å². The lowest BCUT2D eigenvalue weighted by Gasteiger charge is -2.39. The summed E-state index contributed by atoms with van der Waals surface area (Å²) in [4.78, 5) is 13.6. The molecule has 0 aromatic rings. The number of morpholine rings is 1. The fourth-order valence-corrected chi connectivity index (χ4v) is 2.19. The lowest BCUT2D eigenvalue weighted by atomic mass is 10.1. The summed E-state index contributed by atoms with van der Waals surface area (Å²) in [5.74, 6) is 0.0437. The maximum Gasteiger partial charge on any atom is 0.221 e. The molecule has 1 aliphatic rings. The first-order valence-corrected chi connectivity index (χ1v) is 5.87. The maximum absolute atomic E-state index is 11.4. The standard InChI is InChI=1S/C11H23N3O2/c1-8-6-14(7-9(2)16-8)10(5-12)4-11(15)13-3/h8-10H,4-7,12H2,1-3H3,(H,13,15)/t8-,9+,10?. The van der Waals surface area contributed by atoms with Crippen LogP contribution in [-0.2, 0) is 9.53 Å². The van der Waals surface area contributed by atoms with Gasteiger partial charge in [0.1, 0.15) is 0 Å². The topological polar surface area (TPSA) is 67.6 Å². The van der Waals surface area contributed by atoms with Crippen molar-refractivity contribution >= 4 is 5.91 Å². The Morgan fingerprint density at radius 1 is 1.50 bits per heavy atom. The Morgan fingerprint density at radius 3 is 2.50 bits per heavy atom. The van der Waals surface area contributed by atoms with Crippen molar-refractivity contribution in [3.63, 3.8) is 0 Å². The average Bonchev–Trinajstić information content (AvgIpc) is 2.24. The van der Waals surface area contributed by atoms with Gasteiger partial charge in [-0.25, -0.2) is 0 Å². The molecular formula is C11H23N3O2. The van der Waals surface area contributed by atoms with Crippen molar-refractivity contribution in [2.45, 2.75) is 38.5 Å². The Bertz CT molecular complexity index is 225. The molecule has 1 heterocycles. The average molecular weight is 229 g/mol. The molecule has 3 N–H and O–H groups in total. The van der Waals surface area contributed by atoms with Crippen molar-refractivity contribution in [2.24, 2.45) is 5.73 Å². The van der Waals surface area contributed by atoms with Crippen LogP contribution in [0.15, 0.2) is 0 Å². The Balaban J connectivity index is 2.54. The molecule has 1 aliphatic heterocycles. The summed E-state index contributed by atoms with van der Waals surface area (Å²) < 4.78 is 5.66. The number of nitrogens with two attached hydrogens (primary N) is 1. The fraction of sp³-hybridized carbons (Fsp3) is 0.909. The molecular weight excluding hydrogens is 206 g/mol. The molecule has 16 heavy (non-hydrogen) atoms. The third kappa shape index (κ3) is 3.73. The first-order chi connectivity index (χ1) is 7.56. The van der Waals surface area contributed by atoms with Gasteiger partial charge in [0.25, 0.3) is 0 Å². The van der Waals surface area contributed by atoms with Crippen LogP contribution < -0.4 is 11.1 Å². The van der Waals surface area contributed by atoms with Gasteiger partial charge in [-0.3, -0.25) is 9.69 Å². The highest BCUT2D eigenvalue weighted by Gasteiger charge is 2.28. The van der Waals surface area contributed by atoms with Gasteiger partial charge in [-0.15, -0.1) is 0 Å². The summed E-state index contributed by atoms with van der Waals surface area (Å²) in [6, 6.07) is 0.119. The molecule has 0 radical (unpaired) electrons. The summed E-state index contributed by atoms with van der Waals surface area (Å²) in [5.41, 5.74) is 5.74. The van der Waals surface area contributed by atoms with Crippen molar-refractivity contribution in [3.8, 4) is 0 Å². The Morgan fingerprint density at radius 2 is 2.06 bits per heavy atom. The molecule has 94 valence electrons. The van der Waals surface area contributed by atoms with Gasteiger partial charge in [-0.2, -0.15) is 0 Å². The van der Waals surface area contributed by atoms with E-state index in [0.29, 0.717) is 13.0 Å². The predicted molar refractivity (Wildman–Crippen MR) is 63.1 cm³/mol. The van der Waals surface area contributed by atoms with Crippen LogP contribution in [0.2, 0.25) is 0 Å². The van der Waals surface area contributed by atoms with E-state index in [-0.39, 0.29) is 24.2 Å². The van der Waals surface area contributed by atoms with E-state index >= 15 is 0 Å². The lowest BCUT2D eigenvalue weighted by molar-refractivity contribution is -0.124. The fourth-order valence-electron chi connectivity index (χ4n) is 2.19. The van der Waals surface area contributed by atoms with Crippen LogP contribution in [0.1, 0.15) is 20.3 Å². The zero-order chi connectivity index (χ0) is 12.1. The summed E-state index contributed by atoms with van der Waals surface area (Å²) >= 11 is 0. The van der Waals surface area contributed by atoms with E-state index in [4.69, 9.17) is 10.5 Å². The number of carbonyl (C=O) groups is 1. The minimum absolute atomic E-state index is 0.0437. The molecule has 5 heteroatoms. The number of nitrogens with zero attached hydrogens (tertiary/aromatic N) is 1. The quantitative estimate of drug-likeness (QED) is 0.686. The van der Waals surface area contributed by atoms with Gasteiger partial charge < -0.3 is 15.8 Å². The number of rotatable bonds is 4. The van der Waals surface area contributed by atoms with E-state index in [9.17, 15) is 4.79 Å². The van der Waals surface area contributed by atoms with Gasteiger partial charge in [0.15, 0.2) is 0 Å². The zero-order valence-corrected chi connectivity index (χ0v) is 10.4. The molecule has 0 spiro atoms. The van der Waals surface area contributed by atoms with Crippen LogP contribution in [0, 0.1) is 0 Å². The molecule has 0 saturated carbocycles. The minimum atomic E-state index is 0.0437. The molecule has 1 fully saturated rings. The maximum atomic E-state index is 11.4. The highest BCUT2D eigenvalue weighted by atomic mass is 16.5. The monoisotopic (exact) mass is 229 g/mol. The SMILES string of the molecule is CNC(=O)CC(CN)N1C[C@@H](C)O[C@@H](C)C1. The molecule has 0 aliphatic carbocycles. The van der Waals surface area contributed by atoms with Crippen molar-refractivity contribution < 1.29 is 9.53 Å². The van der Waals surface area contributed by atoms with Crippen LogP contribution in [0.4, 0.5) is 0 Å². The number of carbonyl (C=O) groups excluding carboxylic acids is 1. The molecule has 0 bridgehead atoms. The number of nitrogens with one attached hydrogen (secondary N) is 1. The van der Waals surface area contributed by atoms with E-state index in [1.165, 1.54) is 0 Å². The van der Waals surface area contributed by atoms with Gasteiger partial charge in [-0.1, -0.05) is 0 Å². The van der Waals surface area contributed by atoms with Gasteiger partial charge in [-0.05, 0) is 13.8 Å².